The van der Waals surface area contributed by atoms with Crippen molar-refractivity contribution in [2.45, 2.75) is 39.7 Å². The molecule has 1 aliphatic heterocycles. The van der Waals surface area contributed by atoms with Crippen LogP contribution in [0, 0.1) is 17.7 Å². The minimum Gasteiger partial charge on any atom is -0.356 e. The van der Waals surface area contributed by atoms with E-state index >= 15 is 0 Å². The van der Waals surface area contributed by atoms with Crippen LogP contribution >= 0.6 is 0 Å². The van der Waals surface area contributed by atoms with Gasteiger partial charge in [0.2, 0.25) is 5.91 Å². The number of benzene rings is 1. The van der Waals surface area contributed by atoms with E-state index in [0.717, 1.165) is 37.9 Å². The number of piperidine rings is 1. The molecule has 1 aliphatic rings. The summed E-state index contributed by atoms with van der Waals surface area (Å²) in [7, 11) is 0. The first-order valence-electron chi connectivity index (χ1n) is 11.5. The molecule has 1 N–H and O–H groups in total. The minimum atomic E-state index is -0.381. The number of amides is 1. The van der Waals surface area contributed by atoms with E-state index in [-0.39, 0.29) is 41.3 Å². The Morgan fingerprint density at radius 1 is 1.18 bits per heavy atom. The maximum Gasteiger partial charge on any atom is 0.266 e. The molecule has 3 aromatic rings. The van der Waals surface area contributed by atoms with Gasteiger partial charge in [-0.2, -0.15) is 0 Å². The third-order valence-electron chi connectivity index (χ3n) is 6.08. The van der Waals surface area contributed by atoms with E-state index in [4.69, 9.17) is 4.52 Å². The molecule has 0 unspecified atom stereocenters. The van der Waals surface area contributed by atoms with Crippen molar-refractivity contribution < 1.29 is 13.7 Å². The van der Waals surface area contributed by atoms with Gasteiger partial charge in [-0.3, -0.25) is 14.2 Å². The maximum atomic E-state index is 13.2. The molecule has 2 aromatic heterocycles. The first-order chi connectivity index (χ1) is 15.9. The molecule has 1 saturated heterocycles. The number of fused-ring (bicyclic) bond motifs is 1. The van der Waals surface area contributed by atoms with Crippen LogP contribution in [0.3, 0.4) is 0 Å². The van der Waals surface area contributed by atoms with Crippen LogP contribution in [0.5, 0.6) is 0 Å². The molecule has 1 aromatic carbocycles. The summed E-state index contributed by atoms with van der Waals surface area (Å²) >= 11 is 0. The van der Waals surface area contributed by atoms with Gasteiger partial charge < -0.3 is 14.7 Å². The number of likely N-dealkylation sites (tertiary alicyclic amines) is 1. The van der Waals surface area contributed by atoms with Crippen LogP contribution in [0.25, 0.3) is 22.4 Å². The fourth-order valence-electron chi connectivity index (χ4n) is 4.66. The molecule has 1 fully saturated rings. The molecule has 0 spiro atoms. The number of aromatic nitrogens is 3. The Labute approximate surface area is 191 Å². The third kappa shape index (κ3) is 5.65. The van der Waals surface area contributed by atoms with Gasteiger partial charge in [-0.25, -0.2) is 9.37 Å². The Balaban J connectivity index is 1.31. The van der Waals surface area contributed by atoms with Crippen molar-refractivity contribution in [2.75, 3.05) is 26.2 Å². The van der Waals surface area contributed by atoms with Crippen molar-refractivity contribution in [2.24, 2.45) is 11.8 Å². The third-order valence-corrected chi connectivity index (χ3v) is 6.08. The van der Waals surface area contributed by atoms with E-state index in [0.29, 0.717) is 17.8 Å². The van der Waals surface area contributed by atoms with E-state index in [2.05, 4.69) is 34.2 Å². The highest BCUT2D eigenvalue weighted by Gasteiger charge is 2.21. The Hall–Kier alpha value is -3.07. The van der Waals surface area contributed by atoms with Crippen LogP contribution in [0.15, 0.2) is 39.9 Å². The number of carbonyl (C=O) groups excluding carboxylic acids is 1. The molecule has 176 valence electrons. The lowest BCUT2D eigenvalue weighted by molar-refractivity contribution is -0.121. The number of rotatable bonds is 8. The summed E-state index contributed by atoms with van der Waals surface area (Å²) in [6.45, 7) is 8.63. The lowest BCUT2D eigenvalue weighted by Gasteiger charge is -2.34. The van der Waals surface area contributed by atoms with E-state index in [1.165, 1.54) is 41.6 Å². The van der Waals surface area contributed by atoms with E-state index < -0.39 is 0 Å². The fraction of sp³-hybridized carbons (Fsp3) is 0.500. The monoisotopic (exact) mass is 455 g/mol. The molecule has 33 heavy (non-hydrogen) atoms. The lowest BCUT2D eigenvalue weighted by Crippen LogP contribution is -2.40. The summed E-state index contributed by atoms with van der Waals surface area (Å²) in [6.07, 6.45) is 3.71. The lowest BCUT2D eigenvalue weighted by atomic mass is 9.92. The van der Waals surface area contributed by atoms with E-state index in [9.17, 15) is 14.0 Å². The first-order valence-corrected chi connectivity index (χ1v) is 11.5. The Kier molecular flexibility index (Phi) is 7.17. The maximum absolute atomic E-state index is 13.2. The summed E-state index contributed by atoms with van der Waals surface area (Å²) in [5.74, 6) is 0.961. The largest absolute Gasteiger partial charge is 0.356 e. The summed E-state index contributed by atoms with van der Waals surface area (Å²) < 4.78 is 19.8. The predicted molar refractivity (Wildman–Crippen MR) is 123 cm³/mol. The molecule has 2 atom stereocenters. The normalized spacial score (nSPS) is 19.1. The summed E-state index contributed by atoms with van der Waals surface area (Å²) in [6, 6.07) is 5.65. The van der Waals surface area contributed by atoms with E-state index in [1.54, 1.807) is 0 Å². The molecule has 0 radical (unpaired) electrons. The van der Waals surface area contributed by atoms with Gasteiger partial charge >= 0.3 is 0 Å². The van der Waals surface area contributed by atoms with Gasteiger partial charge in [0.05, 0.1) is 0 Å². The second-order valence-corrected chi connectivity index (χ2v) is 9.12. The number of aryl methyl sites for hydroxylation is 1. The van der Waals surface area contributed by atoms with Gasteiger partial charge in [0.15, 0.2) is 0 Å². The molecule has 0 saturated carbocycles. The van der Waals surface area contributed by atoms with Crippen molar-refractivity contribution in [3.8, 4) is 11.3 Å². The van der Waals surface area contributed by atoms with Gasteiger partial charge in [0, 0.05) is 38.2 Å². The highest BCUT2D eigenvalue weighted by molar-refractivity contribution is 5.88. The Morgan fingerprint density at radius 2 is 1.91 bits per heavy atom. The minimum absolute atomic E-state index is 0.105. The zero-order chi connectivity index (χ0) is 23.4. The molecule has 8 nitrogen and oxygen atoms in total. The molecule has 3 heterocycles. The standard InChI is InChI=1S/C24H30FN5O3/c1-16-12-17(2)14-29(13-16)10-3-9-26-20(31)8-11-30-15-27-23-21(24(30)32)22(28-33-23)18-4-6-19(25)7-5-18/h4-7,15-17H,3,8-14H2,1-2H3,(H,26,31)/t16-,17-/m1/s1. The second kappa shape index (κ2) is 10.2. The average molecular weight is 456 g/mol. The van der Waals surface area contributed by atoms with Crippen molar-refractivity contribution in [1.82, 2.24) is 24.9 Å². The van der Waals surface area contributed by atoms with Crippen LogP contribution in [0.2, 0.25) is 0 Å². The van der Waals surface area contributed by atoms with Crippen LogP contribution in [0.4, 0.5) is 4.39 Å². The molecular weight excluding hydrogens is 425 g/mol. The molecule has 4 rings (SSSR count). The smallest absolute Gasteiger partial charge is 0.266 e. The number of halogens is 1. The SMILES string of the molecule is C[C@@H]1C[C@@H](C)CN(CCCNC(=O)CCn2cnc3onc(-c4ccc(F)cc4)c3c2=O)C1. The molecule has 1 amide bonds. The number of nitrogens with one attached hydrogen (secondary N) is 1. The van der Waals surface area contributed by atoms with Crippen LogP contribution in [0.1, 0.15) is 33.1 Å². The summed E-state index contributed by atoms with van der Waals surface area (Å²) in [4.78, 5) is 31.9. The van der Waals surface area contributed by atoms with Crippen LogP contribution in [-0.4, -0.2) is 51.7 Å². The molecule has 0 bridgehead atoms. The quantitative estimate of drug-likeness (QED) is 0.525. The molecule has 0 aliphatic carbocycles. The predicted octanol–water partition coefficient (Wildman–Crippen LogP) is 3.06. The van der Waals surface area contributed by atoms with E-state index in [1.807, 2.05) is 0 Å². The Morgan fingerprint density at radius 3 is 2.64 bits per heavy atom. The zero-order valence-electron chi connectivity index (χ0n) is 19.1. The highest BCUT2D eigenvalue weighted by Crippen LogP contribution is 2.24. The summed E-state index contributed by atoms with van der Waals surface area (Å²) in [5, 5.41) is 7.09. The van der Waals surface area contributed by atoms with Gasteiger partial charge in [-0.05, 0) is 55.5 Å². The highest BCUT2D eigenvalue weighted by atomic mass is 19.1. The van der Waals surface area contributed by atoms with Crippen molar-refractivity contribution in [1.29, 1.82) is 0 Å². The van der Waals surface area contributed by atoms with Crippen molar-refractivity contribution in [3.05, 3.63) is 46.8 Å². The Bertz CT molecular complexity index is 1150. The fourth-order valence-corrected chi connectivity index (χ4v) is 4.66. The van der Waals surface area contributed by atoms with Crippen LogP contribution < -0.4 is 10.9 Å². The number of carbonyl (C=O) groups is 1. The average Bonchev–Trinajstić information content (AvgIpc) is 3.21. The number of hydrogen-bond donors (Lipinski definition) is 1. The van der Waals surface area contributed by atoms with Crippen molar-refractivity contribution in [3.63, 3.8) is 0 Å². The van der Waals surface area contributed by atoms with Crippen LogP contribution in [-0.2, 0) is 11.3 Å². The van der Waals surface area contributed by atoms with Gasteiger partial charge in [-0.1, -0.05) is 19.0 Å². The number of nitrogens with zero attached hydrogens (tertiary/aromatic N) is 4. The van der Waals surface area contributed by atoms with Gasteiger partial charge in [0.25, 0.3) is 11.3 Å². The van der Waals surface area contributed by atoms with Crippen molar-refractivity contribution >= 4 is 17.0 Å². The molecule has 9 heteroatoms. The topological polar surface area (TPSA) is 93.3 Å². The summed E-state index contributed by atoms with van der Waals surface area (Å²) in [5.41, 5.74) is 0.632. The molecular formula is C24H30FN5O3. The number of hydrogen-bond acceptors (Lipinski definition) is 6. The first kappa shape index (κ1) is 23.1. The second-order valence-electron chi connectivity index (χ2n) is 9.12. The van der Waals surface area contributed by atoms with Gasteiger partial charge in [0.1, 0.15) is 23.2 Å². The zero-order valence-corrected chi connectivity index (χ0v) is 19.1. The van der Waals surface area contributed by atoms with Gasteiger partial charge in [-0.15, -0.1) is 0 Å².